The van der Waals surface area contributed by atoms with Gasteiger partial charge in [0.2, 0.25) is 0 Å². The maximum absolute atomic E-state index is 4.24. The van der Waals surface area contributed by atoms with E-state index in [1.165, 1.54) is 19.3 Å². The van der Waals surface area contributed by atoms with Gasteiger partial charge in [0.1, 0.15) is 12.1 Å². The molecule has 0 radical (unpaired) electrons. The van der Waals surface area contributed by atoms with E-state index in [0.717, 1.165) is 11.5 Å². The van der Waals surface area contributed by atoms with E-state index in [4.69, 9.17) is 0 Å². The minimum Gasteiger partial charge on any atom is -0.367 e. The van der Waals surface area contributed by atoms with Gasteiger partial charge < -0.3 is 5.32 Å². The Hall–Kier alpha value is -1.12. The zero-order valence-electron chi connectivity index (χ0n) is 8.83. The highest BCUT2D eigenvalue weighted by Gasteiger charge is 2.17. The van der Waals surface area contributed by atoms with Crippen molar-refractivity contribution in [1.82, 2.24) is 9.97 Å². The maximum atomic E-state index is 4.24. The molecule has 3 nitrogen and oxygen atoms in total. The smallest absolute Gasteiger partial charge is 0.129 e. The molecule has 1 aromatic heterocycles. The second-order valence-corrected chi connectivity index (χ2v) is 4.25. The van der Waals surface area contributed by atoms with Crippen LogP contribution in [0.1, 0.15) is 44.7 Å². The molecule has 0 spiro atoms. The first kappa shape index (κ1) is 9.44. The van der Waals surface area contributed by atoms with Gasteiger partial charge in [0.05, 0.1) is 0 Å². The highest BCUT2D eigenvalue weighted by atomic mass is 15.0. The molecule has 1 saturated carbocycles. The highest BCUT2D eigenvalue weighted by Crippen LogP contribution is 2.23. The van der Waals surface area contributed by atoms with Crippen LogP contribution in [0.2, 0.25) is 0 Å². The molecule has 1 fully saturated rings. The lowest BCUT2D eigenvalue weighted by Gasteiger charge is -2.27. The summed E-state index contributed by atoms with van der Waals surface area (Å²) < 4.78 is 0. The molecular formula is C11H17N3. The zero-order valence-corrected chi connectivity index (χ0v) is 8.83. The second kappa shape index (κ2) is 3.95. The Balaban J connectivity index is 2.05. The number of anilines is 1. The van der Waals surface area contributed by atoms with Crippen LogP contribution < -0.4 is 5.32 Å². The lowest BCUT2D eigenvalue weighted by atomic mass is 9.93. The minimum absolute atomic E-state index is 0.472. The van der Waals surface area contributed by atoms with Crippen molar-refractivity contribution in [3.05, 3.63) is 18.1 Å². The van der Waals surface area contributed by atoms with Crippen molar-refractivity contribution in [1.29, 1.82) is 0 Å². The van der Waals surface area contributed by atoms with Gasteiger partial charge in [-0.3, -0.25) is 0 Å². The monoisotopic (exact) mass is 191 g/mol. The summed E-state index contributed by atoms with van der Waals surface area (Å²) in [5.74, 6) is 1.45. The third-order valence-corrected chi connectivity index (χ3v) is 2.74. The fourth-order valence-electron chi connectivity index (χ4n) is 1.53. The number of nitrogens with one attached hydrogen (secondary N) is 1. The lowest BCUT2D eigenvalue weighted by molar-refractivity contribution is 0.444. The van der Waals surface area contributed by atoms with Crippen LogP contribution in [0, 0.1) is 0 Å². The van der Waals surface area contributed by atoms with Crippen molar-refractivity contribution in [3.63, 3.8) is 0 Å². The summed E-state index contributed by atoms with van der Waals surface area (Å²) in [4.78, 5) is 8.46. The number of nitrogens with zero attached hydrogens (tertiary/aromatic N) is 2. The fourth-order valence-corrected chi connectivity index (χ4v) is 1.53. The Kier molecular flexibility index (Phi) is 2.66. The molecular weight excluding hydrogens is 174 g/mol. The molecule has 0 aliphatic heterocycles. The van der Waals surface area contributed by atoms with Crippen LogP contribution in [0.3, 0.4) is 0 Å². The Morgan fingerprint density at radius 3 is 2.71 bits per heavy atom. The molecule has 0 amide bonds. The molecule has 0 bridgehead atoms. The van der Waals surface area contributed by atoms with Gasteiger partial charge in [0.15, 0.2) is 0 Å². The number of aromatic nitrogens is 2. The third-order valence-electron chi connectivity index (χ3n) is 2.74. The van der Waals surface area contributed by atoms with E-state index in [-0.39, 0.29) is 0 Å². The van der Waals surface area contributed by atoms with Crippen molar-refractivity contribution in [3.8, 4) is 0 Å². The van der Waals surface area contributed by atoms with Gasteiger partial charge in [-0.1, -0.05) is 13.8 Å². The molecule has 1 aliphatic rings. The average molecular weight is 191 g/mol. The number of hydrogen-bond donors (Lipinski definition) is 1. The molecule has 2 rings (SSSR count). The quantitative estimate of drug-likeness (QED) is 0.798. The van der Waals surface area contributed by atoms with Gasteiger partial charge in [0, 0.05) is 17.8 Å². The first-order valence-corrected chi connectivity index (χ1v) is 5.34. The summed E-state index contributed by atoms with van der Waals surface area (Å²) in [5, 5.41) is 3.42. The van der Waals surface area contributed by atoms with E-state index < -0.39 is 0 Å². The largest absolute Gasteiger partial charge is 0.367 e. The van der Waals surface area contributed by atoms with Crippen molar-refractivity contribution in [2.45, 2.75) is 45.1 Å². The third kappa shape index (κ3) is 2.03. The molecule has 1 heterocycles. The van der Waals surface area contributed by atoms with Crippen LogP contribution in [0.25, 0.3) is 0 Å². The van der Waals surface area contributed by atoms with Crippen molar-refractivity contribution in [2.24, 2.45) is 0 Å². The summed E-state index contributed by atoms with van der Waals surface area (Å²) in [6, 6.07) is 2.70. The summed E-state index contributed by atoms with van der Waals surface area (Å²) in [7, 11) is 0. The molecule has 1 aromatic rings. The predicted octanol–water partition coefficient (Wildman–Crippen LogP) is 2.56. The van der Waals surface area contributed by atoms with Crippen molar-refractivity contribution >= 4 is 5.82 Å². The first-order chi connectivity index (χ1) is 6.75. The van der Waals surface area contributed by atoms with Crippen molar-refractivity contribution in [2.75, 3.05) is 5.32 Å². The van der Waals surface area contributed by atoms with Gasteiger partial charge in [-0.25, -0.2) is 9.97 Å². The number of rotatable bonds is 3. The normalized spacial score (nSPS) is 16.8. The molecule has 1 aliphatic carbocycles. The Bertz CT molecular complexity index is 305. The molecule has 14 heavy (non-hydrogen) atoms. The summed E-state index contributed by atoms with van der Waals surface area (Å²) in [6.45, 7) is 4.30. The summed E-state index contributed by atoms with van der Waals surface area (Å²) in [6.07, 6.45) is 5.55. The summed E-state index contributed by atoms with van der Waals surface area (Å²) in [5.41, 5.74) is 1.11. The van der Waals surface area contributed by atoms with Gasteiger partial charge in [-0.05, 0) is 25.2 Å². The van der Waals surface area contributed by atoms with E-state index in [1.54, 1.807) is 6.33 Å². The van der Waals surface area contributed by atoms with Crippen LogP contribution in [0.15, 0.2) is 12.4 Å². The number of hydrogen-bond acceptors (Lipinski definition) is 3. The van der Waals surface area contributed by atoms with Crippen LogP contribution in [-0.2, 0) is 0 Å². The molecule has 0 saturated heterocycles. The summed E-state index contributed by atoms with van der Waals surface area (Å²) >= 11 is 0. The lowest BCUT2D eigenvalue weighted by Crippen LogP contribution is -2.27. The van der Waals surface area contributed by atoms with E-state index in [0.29, 0.717) is 12.0 Å². The van der Waals surface area contributed by atoms with Crippen LogP contribution >= 0.6 is 0 Å². The second-order valence-electron chi connectivity index (χ2n) is 4.25. The van der Waals surface area contributed by atoms with Gasteiger partial charge >= 0.3 is 0 Å². The molecule has 76 valence electrons. The molecule has 0 aromatic carbocycles. The van der Waals surface area contributed by atoms with E-state index in [1.807, 2.05) is 0 Å². The zero-order chi connectivity index (χ0) is 9.97. The standard InChI is InChI=1S/C11H17N3/c1-8(2)10-6-11(13-7-12-10)14-9-4-3-5-9/h6-9H,3-5H2,1-2H3,(H,12,13,14). The van der Waals surface area contributed by atoms with E-state index in [9.17, 15) is 0 Å². The molecule has 0 atom stereocenters. The highest BCUT2D eigenvalue weighted by molar-refractivity contribution is 5.37. The molecule has 1 N–H and O–H groups in total. The Morgan fingerprint density at radius 1 is 1.36 bits per heavy atom. The van der Waals surface area contributed by atoms with Crippen LogP contribution in [0.4, 0.5) is 5.82 Å². The Morgan fingerprint density at radius 2 is 2.14 bits per heavy atom. The molecule has 0 unspecified atom stereocenters. The van der Waals surface area contributed by atoms with Crippen LogP contribution in [-0.4, -0.2) is 16.0 Å². The Labute approximate surface area is 85.0 Å². The van der Waals surface area contributed by atoms with Gasteiger partial charge in [0.25, 0.3) is 0 Å². The van der Waals surface area contributed by atoms with Crippen molar-refractivity contribution < 1.29 is 0 Å². The SMILES string of the molecule is CC(C)c1cc(NC2CCC2)ncn1. The maximum Gasteiger partial charge on any atom is 0.129 e. The van der Waals surface area contributed by atoms with Gasteiger partial charge in [-0.15, -0.1) is 0 Å². The predicted molar refractivity (Wildman–Crippen MR) is 57.4 cm³/mol. The first-order valence-electron chi connectivity index (χ1n) is 5.34. The topological polar surface area (TPSA) is 37.8 Å². The van der Waals surface area contributed by atoms with E-state index >= 15 is 0 Å². The van der Waals surface area contributed by atoms with E-state index in [2.05, 4.69) is 35.2 Å². The molecule has 3 heteroatoms. The van der Waals surface area contributed by atoms with Crippen LogP contribution in [0.5, 0.6) is 0 Å². The minimum atomic E-state index is 0.472. The fraction of sp³-hybridized carbons (Fsp3) is 0.636. The van der Waals surface area contributed by atoms with Gasteiger partial charge in [-0.2, -0.15) is 0 Å². The average Bonchev–Trinajstić information content (AvgIpc) is 2.12.